The Morgan fingerprint density at radius 2 is 1.70 bits per heavy atom. The minimum Gasteiger partial charge on any atom is -0.341 e. The van der Waals surface area contributed by atoms with Gasteiger partial charge in [-0.2, -0.15) is 0 Å². The summed E-state index contributed by atoms with van der Waals surface area (Å²) in [6.07, 6.45) is 11.8. The molecule has 1 N–H and O–H groups in total. The third-order valence-corrected chi connectivity index (χ3v) is 5.93. The number of nitrogens with one attached hydrogen (secondary N) is 1. The second kappa shape index (κ2) is 9.82. The lowest BCUT2D eigenvalue weighted by Gasteiger charge is -2.18. The van der Waals surface area contributed by atoms with Gasteiger partial charge in [0, 0.05) is 28.3 Å². The number of aromatic amines is 1. The van der Waals surface area contributed by atoms with Crippen molar-refractivity contribution in [3.8, 4) is 22.5 Å². The fourth-order valence-electron chi connectivity index (χ4n) is 4.08. The number of allylic oxidation sites excluding steroid dienone is 4. The van der Waals surface area contributed by atoms with Gasteiger partial charge in [-0.1, -0.05) is 110 Å². The predicted octanol–water partition coefficient (Wildman–Crippen LogP) is 7.66. The summed E-state index contributed by atoms with van der Waals surface area (Å²) in [5.74, 6) is 1.45. The Morgan fingerprint density at radius 1 is 1.00 bits per heavy atom. The van der Waals surface area contributed by atoms with Crippen LogP contribution in [0.15, 0.2) is 84.5 Å². The highest BCUT2D eigenvalue weighted by Gasteiger charge is 2.22. The number of imidazole rings is 1. The van der Waals surface area contributed by atoms with Crippen LogP contribution in [0.5, 0.6) is 0 Å². The van der Waals surface area contributed by atoms with Gasteiger partial charge in [-0.05, 0) is 18.9 Å². The Balaban J connectivity index is 1.73. The molecular formula is C27H28N2S. The summed E-state index contributed by atoms with van der Waals surface area (Å²) in [7, 11) is 0. The van der Waals surface area contributed by atoms with Crippen LogP contribution in [0.2, 0.25) is 0 Å². The summed E-state index contributed by atoms with van der Waals surface area (Å²) in [5, 5.41) is 0. The van der Waals surface area contributed by atoms with Crippen LogP contribution < -0.4 is 0 Å². The number of nitrogens with zero attached hydrogens (tertiary/aromatic N) is 1. The summed E-state index contributed by atoms with van der Waals surface area (Å²) in [4.78, 5) is 9.90. The zero-order valence-electron chi connectivity index (χ0n) is 17.5. The van der Waals surface area contributed by atoms with E-state index in [4.69, 9.17) is 17.2 Å². The van der Waals surface area contributed by atoms with Gasteiger partial charge in [-0.3, -0.25) is 0 Å². The standard InChI is InChI=1S/C27H28N2S/c1-2-3-12-23(18-20-11-10-17-24(30)19-20)27-28-25(21-13-6-4-7-14-21)26(29-27)22-15-8-5-9-16-22/h4-11,13-17,23H,2-3,12,18-19H2,1H3,(H,28,29). The van der Waals surface area contributed by atoms with E-state index in [9.17, 15) is 0 Å². The molecule has 1 aliphatic carbocycles. The third kappa shape index (κ3) is 4.85. The number of hydrogen-bond donors (Lipinski definition) is 1. The molecular weight excluding hydrogens is 384 g/mol. The SMILES string of the molecule is CCCCC(CC1=CC=CC(=S)C1)c1nc(-c2ccccc2)c(-c2ccccc2)[nH]1. The Morgan fingerprint density at radius 3 is 2.37 bits per heavy atom. The highest BCUT2D eigenvalue weighted by Crippen LogP contribution is 2.36. The van der Waals surface area contributed by atoms with Gasteiger partial charge in [-0.15, -0.1) is 0 Å². The zero-order chi connectivity index (χ0) is 20.8. The van der Waals surface area contributed by atoms with Crippen LogP contribution in [-0.4, -0.2) is 14.8 Å². The lowest BCUT2D eigenvalue weighted by molar-refractivity contribution is 0.555. The lowest BCUT2D eigenvalue weighted by Crippen LogP contribution is -2.06. The Labute approximate surface area is 184 Å². The minimum absolute atomic E-state index is 0.366. The van der Waals surface area contributed by atoms with Crippen LogP contribution >= 0.6 is 12.2 Å². The topological polar surface area (TPSA) is 28.7 Å². The number of unbranched alkanes of at least 4 members (excludes halogenated alkanes) is 1. The molecule has 0 amide bonds. The van der Waals surface area contributed by atoms with Crippen molar-refractivity contribution in [2.24, 2.45) is 0 Å². The van der Waals surface area contributed by atoms with E-state index in [0.717, 1.165) is 46.9 Å². The van der Waals surface area contributed by atoms with Crippen LogP contribution in [0.4, 0.5) is 0 Å². The molecule has 2 nitrogen and oxygen atoms in total. The number of benzene rings is 2. The number of aromatic nitrogens is 2. The number of hydrogen-bond acceptors (Lipinski definition) is 2. The van der Waals surface area contributed by atoms with E-state index in [-0.39, 0.29) is 0 Å². The molecule has 3 heteroatoms. The summed E-state index contributed by atoms with van der Waals surface area (Å²) in [5.41, 5.74) is 5.86. The molecule has 1 aromatic heterocycles. The molecule has 4 rings (SSSR count). The van der Waals surface area contributed by atoms with Crippen LogP contribution in [0.25, 0.3) is 22.5 Å². The predicted molar refractivity (Wildman–Crippen MR) is 131 cm³/mol. The molecule has 1 atom stereocenters. The van der Waals surface area contributed by atoms with Crippen molar-refractivity contribution in [1.29, 1.82) is 0 Å². The molecule has 0 saturated carbocycles. The molecule has 1 heterocycles. The average Bonchev–Trinajstić information content (AvgIpc) is 3.23. The largest absolute Gasteiger partial charge is 0.341 e. The maximum Gasteiger partial charge on any atom is 0.110 e. The molecule has 0 fully saturated rings. The molecule has 0 aliphatic heterocycles. The van der Waals surface area contributed by atoms with Crippen molar-refractivity contribution in [3.05, 3.63) is 90.3 Å². The van der Waals surface area contributed by atoms with Crippen LogP contribution in [0.1, 0.15) is 50.8 Å². The summed E-state index contributed by atoms with van der Waals surface area (Å²) in [6, 6.07) is 21.0. The number of thiocarbonyl (C=S) groups is 1. The third-order valence-electron chi connectivity index (χ3n) is 5.65. The van der Waals surface area contributed by atoms with Crippen molar-refractivity contribution >= 4 is 17.1 Å². The fraction of sp³-hybridized carbons (Fsp3) is 0.259. The molecule has 0 radical (unpaired) electrons. The van der Waals surface area contributed by atoms with Crippen molar-refractivity contribution in [1.82, 2.24) is 9.97 Å². The number of H-pyrrole nitrogens is 1. The quantitative estimate of drug-likeness (QED) is 0.385. The molecule has 1 unspecified atom stereocenters. The Bertz CT molecular complexity index is 988. The maximum absolute atomic E-state index is 5.44. The summed E-state index contributed by atoms with van der Waals surface area (Å²) in [6.45, 7) is 2.25. The Kier molecular flexibility index (Phi) is 6.70. The molecule has 1 aliphatic rings. The molecule has 2 aromatic carbocycles. The fourth-order valence-corrected chi connectivity index (χ4v) is 4.34. The van der Waals surface area contributed by atoms with Gasteiger partial charge in [0.1, 0.15) is 5.82 Å². The summed E-state index contributed by atoms with van der Waals surface area (Å²) >= 11 is 5.44. The molecule has 30 heavy (non-hydrogen) atoms. The van der Waals surface area contributed by atoms with Gasteiger partial charge in [-0.25, -0.2) is 4.98 Å². The van der Waals surface area contributed by atoms with E-state index in [2.05, 4.69) is 84.7 Å². The molecule has 0 saturated heterocycles. The number of rotatable bonds is 8. The van der Waals surface area contributed by atoms with Gasteiger partial charge in [0.25, 0.3) is 0 Å². The van der Waals surface area contributed by atoms with Crippen molar-refractivity contribution in [2.45, 2.75) is 44.9 Å². The zero-order valence-corrected chi connectivity index (χ0v) is 18.3. The van der Waals surface area contributed by atoms with Gasteiger partial charge in [0.2, 0.25) is 0 Å². The normalized spacial score (nSPS) is 14.6. The van der Waals surface area contributed by atoms with Gasteiger partial charge in [0.05, 0.1) is 11.4 Å². The molecule has 3 aromatic rings. The van der Waals surface area contributed by atoms with Crippen molar-refractivity contribution in [3.63, 3.8) is 0 Å². The van der Waals surface area contributed by atoms with E-state index in [0.29, 0.717) is 5.92 Å². The van der Waals surface area contributed by atoms with Gasteiger partial charge < -0.3 is 4.98 Å². The average molecular weight is 413 g/mol. The van der Waals surface area contributed by atoms with Crippen LogP contribution in [0, 0.1) is 0 Å². The first-order chi connectivity index (χ1) is 14.7. The van der Waals surface area contributed by atoms with E-state index < -0.39 is 0 Å². The first-order valence-electron chi connectivity index (χ1n) is 10.8. The second-order valence-corrected chi connectivity index (χ2v) is 8.47. The second-order valence-electron chi connectivity index (χ2n) is 7.95. The van der Waals surface area contributed by atoms with E-state index in [1.54, 1.807) is 0 Å². The van der Waals surface area contributed by atoms with E-state index in [1.165, 1.54) is 24.0 Å². The van der Waals surface area contributed by atoms with Gasteiger partial charge >= 0.3 is 0 Å². The van der Waals surface area contributed by atoms with Crippen LogP contribution in [0.3, 0.4) is 0 Å². The molecule has 0 bridgehead atoms. The Hall–Kier alpha value is -2.78. The highest BCUT2D eigenvalue weighted by molar-refractivity contribution is 7.80. The smallest absolute Gasteiger partial charge is 0.110 e. The molecule has 152 valence electrons. The monoisotopic (exact) mass is 412 g/mol. The van der Waals surface area contributed by atoms with Gasteiger partial charge in [0.15, 0.2) is 0 Å². The summed E-state index contributed by atoms with van der Waals surface area (Å²) < 4.78 is 0. The van der Waals surface area contributed by atoms with E-state index in [1.807, 2.05) is 6.08 Å². The first kappa shape index (κ1) is 20.5. The first-order valence-corrected chi connectivity index (χ1v) is 11.2. The lowest BCUT2D eigenvalue weighted by atomic mass is 9.90. The molecule has 0 spiro atoms. The highest BCUT2D eigenvalue weighted by atomic mass is 32.1. The van der Waals surface area contributed by atoms with Crippen molar-refractivity contribution < 1.29 is 0 Å². The van der Waals surface area contributed by atoms with Crippen molar-refractivity contribution in [2.75, 3.05) is 0 Å². The minimum atomic E-state index is 0.366. The maximum atomic E-state index is 5.44. The van der Waals surface area contributed by atoms with Crippen LogP contribution in [-0.2, 0) is 0 Å². The van der Waals surface area contributed by atoms with E-state index >= 15 is 0 Å².